The van der Waals surface area contributed by atoms with E-state index in [-0.39, 0.29) is 18.6 Å². The monoisotopic (exact) mass is 640 g/mol. The molecular formula is C29H49IN6O2. The number of piperazine rings is 1. The number of aromatic nitrogens is 2. The molecular weight excluding hydrogens is 591 g/mol. The number of anilines is 1. The topological polar surface area (TPSA) is 73.8 Å². The maximum Gasteiger partial charge on any atom is 0.246 e. The number of nitrogens with one attached hydrogen (secondary N) is 1. The van der Waals surface area contributed by atoms with Crippen molar-refractivity contribution in [2.45, 2.75) is 107 Å². The van der Waals surface area contributed by atoms with E-state index in [9.17, 15) is 4.79 Å². The van der Waals surface area contributed by atoms with E-state index in [0.29, 0.717) is 22.1 Å². The van der Waals surface area contributed by atoms with Crippen molar-refractivity contribution in [2.24, 2.45) is 0 Å². The van der Waals surface area contributed by atoms with E-state index < -0.39 is 0 Å². The van der Waals surface area contributed by atoms with Crippen LogP contribution in [-0.2, 0) is 9.53 Å². The van der Waals surface area contributed by atoms with E-state index in [1.54, 1.807) is 0 Å². The fourth-order valence-corrected chi connectivity index (χ4v) is 6.68. The summed E-state index contributed by atoms with van der Waals surface area (Å²) in [5, 5.41) is 2.94. The molecule has 3 unspecified atom stereocenters. The number of likely N-dealkylation sites (tertiary alicyclic amines) is 2. The molecule has 38 heavy (non-hydrogen) atoms. The van der Waals surface area contributed by atoms with Crippen LogP contribution in [0.2, 0.25) is 0 Å². The number of halogens is 1. The number of carbonyl (C=O) groups is 1. The summed E-state index contributed by atoms with van der Waals surface area (Å²) in [7, 11) is 0. The van der Waals surface area contributed by atoms with Crippen LogP contribution in [0, 0.1) is 0 Å². The van der Waals surface area contributed by atoms with E-state index in [4.69, 9.17) is 14.7 Å². The van der Waals surface area contributed by atoms with Crippen LogP contribution in [0.1, 0.15) is 90.0 Å². The molecule has 0 saturated carbocycles. The first-order chi connectivity index (χ1) is 18.4. The second-order valence-corrected chi connectivity index (χ2v) is 13.5. The van der Waals surface area contributed by atoms with Gasteiger partial charge in [0.25, 0.3) is 0 Å². The maximum absolute atomic E-state index is 11.7. The normalized spacial score (nSPS) is 23.8. The van der Waals surface area contributed by atoms with Crippen LogP contribution in [0.3, 0.4) is 0 Å². The van der Waals surface area contributed by atoms with Crippen molar-refractivity contribution in [3.8, 4) is 0 Å². The summed E-state index contributed by atoms with van der Waals surface area (Å²) in [6, 6.07) is 1.13. The molecule has 1 aromatic heterocycles. The third-order valence-electron chi connectivity index (χ3n) is 8.48. The average Bonchev–Trinajstić information content (AvgIpc) is 3.17. The Hall–Kier alpha value is -1.04. The van der Waals surface area contributed by atoms with Gasteiger partial charge in [-0.2, -0.15) is 0 Å². The number of carbonyl (C=O) groups excluding carboxylic acids is 1. The predicted molar refractivity (Wildman–Crippen MR) is 162 cm³/mol. The minimum Gasteiger partial charge on any atom is -0.369 e. The highest BCUT2D eigenvalue weighted by molar-refractivity contribution is 14.1. The minimum atomic E-state index is -0.00332. The molecule has 0 spiro atoms. The van der Waals surface area contributed by atoms with Crippen molar-refractivity contribution < 1.29 is 9.53 Å². The number of ether oxygens (including phenoxy) is 1. The quantitative estimate of drug-likeness (QED) is 0.138. The Bertz CT molecular complexity index is 832. The lowest BCUT2D eigenvalue weighted by molar-refractivity contribution is -0.127. The zero-order valence-electron chi connectivity index (χ0n) is 23.8. The number of piperidine rings is 1. The van der Waals surface area contributed by atoms with Crippen molar-refractivity contribution in [2.75, 3.05) is 50.8 Å². The first-order valence-corrected chi connectivity index (χ1v) is 16.2. The smallest absolute Gasteiger partial charge is 0.246 e. The molecule has 1 N–H and O–H groups in total. The Kier molecular flexibility index (Phi) is 11.9. The Morgan fingerprint density at radius 1 is 1.00 bits per heavy atom. The molecule has 2 bridgehead atoms. The van der Waals surface area contributed by atoms with Gasteiger partial charge in [0, 0.05) is 44.1 Å². The highest BCUT2D eigenvalue weighted by Crippen LogP contribution is 2.35. The second-order valence-electron chi connectivity index (χ2n) is 11.7. The van der Waals surface area contributed by atoms with E-state index in [2.05, 4.69) is 61.9 Å². The number of unbranched alkanes of at least 4 members (excludes halogenated alkanes) is 4. The molecule has 3 saturated heterocycles. The molecule has 8 nitrogen and oxygen atoms in total. The van der Waals surface area contributed by atoms with Gasteiger partial charge in [-0.05, 0) is 90.4 Å². The van der Waals surface area contributed by atoms with Gasteiger partial charge in [-0.1, -0.05) is 41.9 Å². The summed E-state index contributed by atoms with van der Waals surface area (Å²) in [6.07, 6.45) is 15.3. The average molecular weight is 641 g/mol. The minimum absolute atomic E-state index is 0.00332. The molecule has 9 heteroatoms. The second kappa shape index (κ2) is 15.1. The Balaban J connectivity index is 1.07. The van der Waals surface area contributed by atoms with Crippen LogP contribution >= 0.6 is 22.6 Å². The number of hydrogen-bond acceptors (Lipinski definition) is 7. The van der Waals surface area contributed by atoms with Crippen molar-refractivity contribution >= 4 is 34.4 Å². The summed E-state index contributed by atoms with van der Waals surface area (Å²) >= 11 is 2.54. The highest BCUT2D eigenvalue weighted by Gasteiger charge is 2.42. The van der Waals surface area contributed by atoms with Gasteiger partial charge < -0.3 is 19.9 Å². The lowest BCUT2D eigenvalue weighted by atomic mass is 9.91. The highest BCUT2D eigenvalue weighted by atomic mass is 127. The molecule has 3 aliphatic rings. The molecule has 0 radical (unpaired) electrons. The van der Waals surface area contributed by atoms with Gasteiger partial charge in [-0.25, -0.2) is 9.97 Å². The van der Waals surface area contributed by atoms with E-state index in [1.165, 1.54) is 76.6 Å². The molecule has 0 aromatic carbocycles. The van der Waals surface area contributed by atoms with Crippen LogP contribution in [0.4, 0.5) is 5.95 Å². The Morgan fingerprint density at radius 2 is 1.63 bits per heavy atom. The number of amides is 1. The van der Waals surface area contributed by atoms with E-state index >= 15 is 0 Å². The summed E-state index contributed by atoms with van der Waals surface area (Å²) in [5.74, 6) is 1.54. The van der Waals surface area contributed by atoms with Crippen LogP contribution in [0.15, 0.2) is 12.4 Å². The Labute approximate surface area is 243 Å². The molecule has 3 aliphatic heterocycles. The lowest BCUT2D eigenvalue weighted by Crippen LogP contribution is -2.55. The molecule has 3 fully saturated rings. The maximum atomic E-state index is 11.7. The van der Waals surface area contributed by atoms with Crippen molar-refractivity contribution in [1.29, 1.82) is 0 Å². The lowest BCUT2D eigenvalue weighted by Gasteiger charge is -2.42. The zero-order chi connectivity index (χ0) is 26.9. The summed E-state index contributed by atoms with van der Waals surface area (Å²) in [4.78, 5) is 29.2. The Morgan fingerprint density at radius 3 is 2.26 bits per heavy atom. The van der Waals surface area contributed by atoms with E-state index in [1.807, 2.05) is 13.8 Å². The molecule has 4 rings (SSSR count). The zero-order valence-corrected chi connectivity index (χ0v) is 25.9. The number of fused-ring (bicyclic) bond motifs is 2. The molecule has 1 aromatic rings. The molecule has 0 aliphatic carbocycles. The van der Waals surface area contributed by atoms with Crippen LogP contribution in [0.25, 0.3) is 0 Å². The van der Waals surface area contributed by atoms with Gasteiger partial charge in [0.05, 0.1) is 10.2 Å². The van der Waals surface area contributed by atoms with Crippen molar-refractivity contribution in [3.05, 3.63) is 18.0 Å². The van der Waals surface area contributed by atoms with Gasteiger partial charge in [-0.3, -0.25) is 9.69 Å². The summed E-state index contributed by atoms with van der Waals surface area (Å²) < 4.78 is 5.91. The standard InChI is InChI=1S/C29H49IN6O2/c1-22(2)38-21-28(37)31-13-7-5-4-6-8-14-34-15-11-24(12-16-34)25-17-32-29(33-18-25)36-26-9-10-27(36)20-35(19-26)23(3)30/h17-18,22-24,26-27H,4-16,19-21H2,1-3H3,(H,31,37). The van der Waals surface area contributed by atoms with Gasteiger partial charge in [0.2, 0.25) is 11.9 Å². The van der Waals surface area contributed by atoms with Crippen molar-refractivity contribution in [3.63, 3.8) is 0 Å². The molecule has 3 atom stereocenters. The SMILES string of the molecule is CC(C)OCC(=O)NCCCCCCCN1CCC(c2cnc(N3C4CCC3CN(C(C)I)C4)nc2)CC1. The van der Waals surface area contributed by atoms with Crippen molar-refractivity contribution in [1.82, 2.24) is 25.1 Å². The van der Waals surface area contributed by atoms with Gasteiger partial charge in [0.1, 0.15) is 6.61 Å². The number of rotatable bonds is 14. The largest absolute Gasteiger partial charge is 0.369 e. The summed E-state index contributed by atoms with van der Waals surface area (Å²) in [5.41, 5.74) is 1.32. The third kappa shape index (κ3) is 8.73. The van der Waals surface area contributed by atoms with Crippen LogP contribution in [-0.4, -0.2) is 93.8 Å². The van der Waals surface area contributed by atoms with Gasteiger partial charge >= 0.3 is 0 Å². The van der Waals surface area contributed by atoms with Crippen LogP contribution in [0.5, 0.6) is 0 Å². The predicted octanol–water partition coefficient (Wildman–Crippen LogP) is 4.58. The third-order valence-corrected chi connectivity index (χ3v) is 9.27. The first kappa shape index (κ1) is 29.9. The van der Waals surface area contributed by atoms with E-state index in [0.717, 1.165) is 32.0 Å². The van der Waals surface area contributed by atoms with Gasteiger partial charge in [0.15, 0.2) is 0 Å². The number of hydrogen-bond donors (Lipinski definition) is 1. The first-order valence-electron chi connectivity index (χ1n) is 15.0. The fourth-order valence-electron chi connectivity index (χ4n) is 6.23. The molecule has 214 valence electrons. The molecule has 4 heterocycles. The van der Waals surface area contributed by atoms with Crippen LogP contribution < -0.4 is 10.2 Å². The molecule has 1 amide bonds. The summed E-state index contributed by atoms with van der Waals surface area (Å²) in [6.45, 7) is 12.9. The van der Waals surface area contributed by atoms with Gasteiger partial charge in [-0.15, -0.1) is 0 Å². The number of alkyl halides is 1. The fraction of sp³-hybridized carbons (Fsp3) is 0.828. The number of nitrogens with zero attached hydrogens (tertiary/aromatic N) is 5.